The zero-order valence-corrected chi connectivity index (χ0v) is 13.0. The molecule has 1 aromatic heterocycles. The average Bonchev–Trinajstić information content (AvgIpc) is 2.89. The van der Waals surface area contributed by atoms with E-state index in [4.69, 9.17) is 11.6 Å². The van der Waals surface area contributed by atoms with Crippen LogP contribution in [0.15, 0.2) is 35.2 Å². The molecule has 1 heterocycles. The molecule has 0 aliphatic rings. The number of rotatable bonds is 5. The number of halogens is 2. The van der Waals surface area contributed by atoms with Crippen LogP contribution in [0, 0.1) is 0 Å². The number of nitrogens with zero attached hydrogens (tertiary/aromatic N) is 1. The van der Waals surface area contributed by atoms with Crippen LogP contribution >= 0.6 is 27.5 Å². The van der Waals surface area contributed by atoms with Crippen LogP contribution in [0.2, 0.25) is 5.02 Å². The summed E-state index contributed by atoms with van der Waals surface area (Å²) < 4.78 is 0.639. The van der Waals surface area contributed by atoms with E-state index in [0.717, 1.165) is 0 Å². The molecule has 110 valence electrons. The third kappa shape index (κ3) is 4.30. The summed E-state index contributed by atoms with van der Waals surface area (Å²) in [6.45, 7) is 0. The number of aromatic nitrogens is 2. The molecule has 0 spiro atoms. The Balaban J connectivity index is 2.12. The van der Waals surface area contributed by atoms with Crippen molar-refractivity contribution in [2.24, 2.45) is 0 Å². The number of carboxylic acids is 1. The summed E-state index contributed by atoms with van der Waals surface area (Å²) in [4.78, 5) is 30.0. The number of amides is 1. The van der Waals surface area contributed by atoms with Gasteiger partial charge in [0, 0.05) is 33.4 Å². The maximum absolute atomic E-state index is 12.1. The Morgan fingerprint density at radius 3 is 2.76 bits per heavy atom. The number of carbonyl (C=O) groups is 2. The molecule has 2 rings (SSSR count). The molecule has 2 aromatic rings. The predicted molar refractivity (Wildman–Crippen MR) is 80.3 cm³/mol. The van der Waals surface area contributed by atoms with E-state index in [0.29, 0.717) is 15.2 Å². The second-order valence-corrected chi connectivity index (χ2v) is 5.66. The monoisotopic (exact) mass is 371 g/mol. The van der Waals surface area contributed by atoms with Crippen LogP contribution < -0.4 is 5.32 Å². The summed E-state index contributed by atoms with van der Waals surface area (Å²) in [6.07, 6.45) is 3.07. The van der Waals surface area contributed by atoms with Crippen LogP contribution in [0.4, 0.5) is 0 Å². The lowest BCUT2D eigenvalue weighted by molar-refractivity contribution is -0.139. The van der Waals surface area contributed by atoms with Crippen molar-refractivity contribution in [3.63, 3.8) is 0 Å². The molecule has 6 nitrogen and oxygen atoms in total. The quantitative estimate of drug-likeness (QED) is 0.750. The smallest absolute Gasteiger partial charge is 0.326 e. The van der Waals surface area contributed by atoms with Crippen molar-refractivity contribution in [1.82, 2.24) is 15.3 Å². The summed E-state index contributed by atoms with van der Waals surface area (Å²) in [6, 6.07) is 3.61. The van der Waals surface area contributed by atoms with E-state index >= 15 is 0 Å². The number of carboxylic acid groups (broad SMARTS) is 1. The molecule has 0 aliphatic heterocycles. The highest BCUT2D eigenvalue weighted by atomic mass is 79.9. The van der Waals surface area contributed by atoms with Crippen LogP contribution in [0.5, 0.6) is 0 Å². The molecule has 0 unspecified atom stereocenters. The second kappa shape index (κ2) is 6.73. The minimum absolute atomic E-state index is 0.114. The lowest BCUT2D eigenvalue weighted by Crippen LogP contribution is -2.42. The molecule has 0 radical (unpaired) electrons. The largest absolute Gasteiger partial charge is 0.480 e. The van der Waals surface area contributed by atoms with Crippen molar-refractivity contribution >= 4 is 39.4 Å². The van der Waals surface area contributed by atoms with Gasteiger partial charge < -0.3 is 15.4 Å². The van der Waals surface area contributed by atoms with Gasteiger partial charge in [-0.25, -0.2) is 9.78 Å². The van der Waals surface area contributed by atoms with Gasteiger partial charge in [0.15, 0.2) is 0 Å². The maximum atomic E-state index is 12.1. The molecular weight excluding hydrogens is 362 g/mol. The predicted octanol–water partition coefficient (Wildman–Crippen LogP) is 2.25. The maximum Gasteiger partial charge on any atom is 0.326 e. The molecule has 1 amide bonds. The third-order valence-electron chi connectivity index (χ3n) is 2.71. The first kappa shape index (κ1) is 15.5. The highest BCUT2D eigenvalue weighted by Gasteiger charge is 2.22. The zero-order valence-electron chi connectivity index (χ0n) is 10.6. The average molecular weight is 373 g/mol. The van der Waals surface area contributed by atoms with Gasteiger partial charge in [0.2, 0.25) is 0 Å². The van der Waals surface area contributed by atoms with Gasteiger partial charge in [-0.3, -0.25) is 4.79 Å². The van der Waals surface area contributed by atoms with E-state index in [1.807, 2.05) is 0 Å². The Kier molecular flexibility index (Phi) is 4.98. The molecule has 0 fully saturated rings. The number of aromatic amines is 1. The summed E-state index contributed by atoms with van der Waals surface area (Å²) in [7, 11) is 0. The normalized spacial score (nSPS) is 11.9. The number of H-pyrrole nitrogens is 1. The van der Waals surface area contributed by atoms with Gasteiger partial charge in [-0.15, -0.1) is 0 Å². The van der Waals surface area contributed by atoms with Gasteiger partial charge in [0.05, 0.1) is 6.33 Å². The van der Waals surface area contributed by atoms with Crippen LogP contribution in [0.3, 0.4) is 0 Å². The van der Waals surface area contributed by atoms with Crippen molar-refractivity contribution in [3.8, 4) is 0 Å². The lowest BCUT2D eigenvalue weighted by Gasteiger charge is -2.14. The Labute approximate surface area is 133 Å². The summed E-state index contributed by atoms with van der Waals surface area (Å²) in [5.74, 6) is -1.64. The first-order chi connectivity index (χ1) is 9.95. The van der Waals surface area contributed by atoms with E-state index < -0.39 is 17.9 Å². The molecule has 0 saturated heterocycles. The lowest BCUT2D eigenvalue weighted by atomic mass is 10.1. The van der Waals surface area contributed by atoms with Gasteiger partial charge in [-0.05, 0) is 18.2 Å². The SMILES string of the molecule is O=C(N[C@@H](Cc1cnc[nH]1)C(=O)O)c1cc(Cl)cc(Br)c1. The number of hydrogen-bond donors (Lipinski definition) is 3. The number of hydrogen-bond acceptors (Lipinski definition) is 3. The van der Waals surface area contributed by atoms with Crippen molar-refractivity contribution in [2.45, 2.75) is 12.5 Å². The number of nitrogens with one attached hydrogen (secondary N) is 2. The first-order valence-corrected chi connectivity index (χ1v) is 7.10. The van der Waals surface area contributed by atoms with Crippen molar-refractivity contribution < 1.29 is 14.7 Å². The minimum atomic E-state index is -1.13. The fraction of sp³-hybridized carbons (Fsp3) is 0.154. The fourth-order valence-corrected chi connectivity index (χ4v) is 2.60. The zero-order chi connectivity index (χ0) is 15.4. The summed E-state index contributed by atoms with van der Waals surface area (Å²) in [5, 5.41) is 12.0. The summed E-state index contributed by atoms with van der Waals surface area (Å²) in [5.41, 5.74) is 0.903. The topological polar surface area (TPSA) is 95.1 Å². The van der Waals surface area contributed by atoms with Gasteiger partial charge in [0.1, 0.15) is 6.04 Å². The molecule has 21 heavy (non-hydrogen) atoms. The van der Waals surface area contributed by atoms with E-state index in [9.17, 15) is 14.7 Å². The number of carbonyl (C=O) groups excluding carboxylic acids is 1. The van der Waals surface area contributed by atoms with Crippen LogP contribution in [-0.4, -0.2) is 33.0 Å². The van der Waals surface area contributed by atoms with E-state index in [1.165, 1.54) is 18.6 Å². The molecular formula is C13H11BrClN3O3. The van der Waals surface area contributed by atoms with Crippen LogP contribution in [-0.2, 0) is 11.2 Å². The standard InChI is InChI=1S/C13H11BrClN3O3/c14-8-1-7(2-9(15)3-8)12(19)18-11(13(20)21)4-10-5-16-6-17-10/h1-3,5-6,11H,4H2,(H,16,17)(H,18,19)(H,20,21)/t11-/m0/s1. The first-order valence-electron chi connectivity index (χ1n) is 5.92. The molecule has 0 saturated carbocycles. The van der Waals surface area contributed by atoms with Crippen molar-refractivity contribution in [1.29, 1.82) is 0 Å². The van der Waals surface area contributed by atoms with Crippen molar-refractivity contribution in [2.75, 3.05) is 0 Å². The van der Waals surface area contributed by atoms with Gasteiger partial charge in [0.25, 0.3) is 5.91 Å². The van der Waals surface area contributed by atoms with E-state index in [1.54, 1.807) is 12.1 Å². The molecule has 0 aliphatic carbocycles. The highest BCUT2D eigenvalue weighted by molar-refractivity contribution is 9.10. The van der Waals surface area contributed by atoms with E-state index in [2.05, 4.69) is 31.2 Å². The molecule has 0 bridgehead atoms. The fourth-order valence-electron chi connectivity index (χ4n) is 1.74. The Hall–Kier alpha value is -1.86. The number of imidazole rings is 1. The molecule has 1 atom stereocenters. The summed E-state index contributed by atoms with van der Waals surface area (Å²) >= 11 is 9.10. The second-order valence-electron chi connectivity index (χ2n) is 4.30. The molecule has 8 heteroatoms. The van der Waals surface area contributed by atoms with Gasteiger partial charge in [-0.1, -0.05) is 27.5 Å². The third-order valence-corrected chi connectivity index (χ3v) is 3.38. The van der Waals surface area contributed by atoms with Crippen LogP contribution in [0.25, 0.3) is 0 Å². The minimum Gasteiger partial charge on any atom is -0.480 e. The van der Waals surface area contributed by atoms with Gasteiger partial charge >= 0.3 is 5.97 Å². The van der Waals surface area contributed by atoms with Gasteiger partial charge in [-0.2, -0.15) is 0 Å². The Bertz CT molecular complexity index is 640. The number of aliphatic carboxylic acids is 1. The number of benzene rings is 1. The van der Waals surface area contributed by atoms with E-state index in [-0.39, 0.29) is 12.0 Å². The van der Waals surface area contributed by atoms with Crippen molar-refractivity contribution in [3.05, 3.63) is 51.5 Å². The Morgan fingerprint density at radius 2 is 2.19 bits per heavy atom. The molecule has 1 aromatic carbocycles. The highest BCUT2D eigenvalue weighted by Crippen LogP contribution is 2.19. The molecule has 3 N–H and O–H groups in total. The van der Waals surface area contributed by atoms with Crippen LogP contribution in [0.1, 0.15) is 16.1 Å². The Morgan fingerprint density at radius 1 is 1.43 bits per heavy atom.